The molecule has 0 aromatic heterocycles. The Balaban J connectivity index is 2.42. The Kier molecular flexibility index (Phi) is 4.54. The molecule has 15 heavy (non-hydrogen) atoms. The SMILES string of the molecule is CC(C)C(N)C(=O)NC1CCCCC1O. The van der Waals surface area contributed by atoms with Gasteiger partial charge in [-0.25, -0.2) is 0 Å². The van der Waals surface area contributed by atoms with Crippen LogP contribution in [0.5, 0.6) is 0 Å². The maximum atomic E-state index is 11.7. The standard InChI is InChI=1S/C11H22N2O2/c1-7(2)10(12)11(15)13-8-5-3-4-6-9(8)14/h7-10,14H,3-6,12H2,1-2H3,(H,13,15). The molecule has 4 N–H and O–H groups in total. The molecule has 0 bridgehead atoms. The van der Waals surface area contributed by atoms with E-state index in [1.165, 1.54) is 0 Å². The van der Waals surface area contributed by atoms with Crippen LogP contribution in [0.1, 0.15) is 39.5 Å². The summed E-state index contributed by atoms with van der Waals surface area (Å²) in [5, 5.41) is 12.5. The molecule has 0 aliphatic heterocycles. The van der Waals surface area contributed by atoms with Crippen LogP contribution < -0.4 is 11.1 Å². The molecule has 1 aliphatic rings. The zero-order chi connectivity index (χ0) is 11.4. The number of amides is 1. The second-order valence-corrected chi connectivity index (χ2v) is 4.74. The van der Waals surface area contributed by atoms with Gasteiger partial charge in [-0.05, 0) is 18.8 Å². The van der Waals surface area contributed by atoms with Gasteiger partial charge in [0.1, 0.15) is 0 Å². The third kappa shape index (κ3) is 3.47. The summed E-state index contributed by atoms with van der Waals surface area (Å²) in [5.74, 6) is -0.0123. The third-order valence-electron chi connectivity index (χ3n) is 3.08. The number of nitrogens with one attached hydrogen (secondary N) is 1. The maximum Gasteiger partial charge on any atom is 0.237 e. The first-order chi connectivity index (χ1) is 7.02. The van der Waals surface area contributed by atoms with Gasteiger partial charge in [0.2, 0.25) is 5.91 Å². The van der Waals surface area contributed by atoms with E-state index in [1.807, 2.05) is 13.8 Å². The predicted molar refractivity (Wildman–Crippen MR) is 59.2 cm³/mol. The van der Waals surface area contributed by atoms with Gasteiger partial charge in [0, 0.05) is 0 Å². The molecule has 1 fully saturated rings. The Morgan fingerprint density at radius 2 is 2.00 bits per heavy atom. The van der Waals surface area contributed by atoms with E-state index < -0.39 is 12.1 Å². The molecule has 1 saturated carbocycles. The molecule has 4 heteroatoms. The highest BCUT2D eigenvalue weighted by molar-refractivity contribution is 5.82. The minimum Gasteiger partial charge on any atom is -0.391 e. The molecule has 3 unspecified atom stereocenters. The summed E-state index contributed by atoms with van der Waals surface area (Å²) in [6, 6.07) is -0.574. The molecule has 1 amide bonds. The van der Waals surface area contributed by atoms with Crippen LogP contribution in [-0.4, -0.2) is 29.2 Å². The van der Waals surface area contributed by atoms with Crippen molar-refractivity contribution in [2.24, 2.45) is 11.7 Å². The molecule has 0 spiro atoms. The van der Waals surface area contributed by atoms with Crippen LogP contribution in [0.15, 0.2) is 0 Å². The molecule has 1 rings (SSSR count). The van der Waals surface area contributed by atoms with Gasteiger partial charge >= 0.3 is 0 Å². The summed E-state index contributed by atoms with van der Waals surface area (Å²) in [5.41, 5.74) is 5.73. The second-order valence-electron chi connectivity index (χ2n) is 4.74. The molecular formula is C11H22N2O2. The fourth-order valence-corrected chi connectivity index (χ4v) is 1.86. The van der Waals surface area contributed by atoms with E-state index in [-0.39, 0.29) is 17.9 Å². The van der Waals surface area contributed by atoms with E-state index in [0.717, 1.165) is 25.7 Å². The molecule has 3 atom stereocenters. The third-order valence-corrected chi connectivity index (χ3v) is 3.08. The summed E-state index contributed by atoms with van der Waals surface area (Å²) >= 11 is 0. The lowest BCUT2D eigenvalue weighted by Crippen LogP contribution is -2.52. The highest BCUT2D eigenvalue weighted by Crippen LogP contribution is 2.18. The van der Waals surface area contributed by atoms with Gasteiger partial charge < -0.3 is 16.2 Å². The number of rotatable bonds is 3. The van der Waals surface area contributed by atoms with Crippen molar-refractivity contribution in [1.29, 1.82) is 0 Å². The van der Waals surface area contributed by atoms with Crippen molar-refractivity contribution in [2.45, 2.75) is 57.7 Å². The van der Waals surface area contributed by atoms with Crippen LogP contribution in [0.3, 0.4) is 0 Å². The average Bonchev–Trinajstić information content (AvgIpc) is 2.20. The molecule has 0 aromatic rings. The van der Waals surface area contributed by atoms with Crippen molar-refractivity contribution < 1.29 is 9.90 Å². The number of hydrogen-bond donors (Lipinski definition) is 3. The first-order valence-electron chi connectivity index (χ1n) is 5.76. The minimum atomic E-state index is -0.473. The molecule has 0 radical (unpaired) electrons. The Morgan fingerprint density at radius 3 is 2.53 bits per heavy atom. The van der Waals surface area contributed by atoms with Crippen LogP contribution in [0, 0.1) is 5.92 Å². The largest absolute Gasteiger partial charge is 0.391 e. The first-order valence-corrected chi connectivity index (χ1v) is 5.76. The van der Waals surface area contributed by atoms with Crippen molar-refractivity contribution >= 4 is 5.91 Å². The molecule has 0 heterocycles. The van der Waals surface area contributed by atoms with Gasteiger partial charge in [-0.2, -0.15) is 0 Å². The molecule has 0 saturated heterocycles. The number of aliphatic hydroxyl groups excluding tert-OH is 1. The summed E-state index contributed by atoms with van der Waals surface area (Å²) in [6.45, 7) is 3.84. The smallest absolute Gasteiger partial charge is 0.237 e. The summed E-state index contributed by atoms with van der Waals surface area (Å²) in [7, 11) is 0. The van der Waals surface area contributed by atoms with Crippen molar-refractivity contribution in [1.82, 2.24) is 5.32 Å². The zero-order valence-corrected chi connectivity index (χ0v) is 9.57. The van der Waals surface area contributed by atoms with Crippen LogP contribution in [-0.2, 0) is 4.79 Å². The fraction of sp³-hybridized carbons (Fsp3) is 0.909. The lowest BCUT2D eigenvalue weighted by atomic mass is 9.92. The van der Waals surface area contributed by atoms with Gasteiger partial charge in [0.25, 0.3) is 0 Å². The number of carbonyl (C=O) groups is 1. The van der Waals surface area contributed by atoms with E-state index >= 15 is 0 Å². The Bertz CT molecular complexity index is 219. The summed E-state index contributed by atoms with van der Waals surface area (Å²) in [6.07, 6.45) is 3.35. The van der Waals surface area contributed by atoms with E-state index in [0.29, 0.717) is 0 Å². The number of hydrogen-bond acceptors (Lipinski definition) is 3. The predicted octanol–water partition coefficient (Wildman–Crippen LogP) is 0.389. The molecule has 88 valence electrons. The Morgan fingerprint density at radius 1 is 1.40 bits per heavy atom. The van der Waals surface area contributed by atoms with Gasteiger partial charge in [-0.1, -0.05) is 26.7 Å². The number of nitrogens with two attached hydrogens (primary N) is 1. The second kappa shape index (κ2) is 5.47. The van der Waals surface area contributed by atoms with Crippen molar-refractivity contribution in [3.63, 3.8) is 0 Å². The van der Waals surface area contributed by atoms with E-state index in [4.69, 9.17) is 5.73 Å². The van der Waals surface area contributed by atoms with Crippen LogP contribution in [0.25, 0.3) is 0 Å². The van der Waals surface area contributed by atoms with E-state index in [9.17, 15) is 9.90 Å². The normalized spacial score (nSPS) is 28.9. The highest BCUT2D eigenvalue weighted by atomic mass is 16.3. The van der Waals surface area contributed by atoms with Crippen LogP contribution in [0.2, 0.25) is 0 Å². The quantitative estimate of drug-likeness (QED) is 0.636. The minimum absolute atomic E-state index is 0.101. The average molecular weight is 214 g/mol. The van der Waals surface area contributed by atoms with Crippen molar-refractivity contribution in [3.8, 4) is 0 Å². The number of carbonyl (C=O) groups excluding carboxylic acids is 1. The molecule has 4 nitrogen and oxygen atoms in total. The maximum absolute atomic E-state index is 11.7. The van der Waals surface area contributed by atoms with Crippen molar-refractivity contribution in [2.75, 3.05) is 0 Å². The van der Waals surface area contributed by atoms with E-state index in [1.54, 1.807) is 0 Å². The van der Waals surface area contributed by atoms with E-state index in [2.05, 4.69) is 5.32 Å². The highest BCUT2D eigenvalue weighted by Gasteiger charge is 2.27. The molecule has 0 aromatic carbocycles. The van der Waals surface area contributed by atoms with Crippen LogP contribution >= 0.6 is 0 Å². The van der Waals surface area contributed by atoms with Gasteiger partial charge in [0.05, 0.1) is 18.2 Å². The zero-order valence-electron chi connectivity index (χ0n) is 9.57. The monoisotopic (exact) mass is 214 g/mol. The Hall–Kier alpha value is -0.610. The van der Waals surface area contributed by atoms with Gasteiger partial charge in [-0.15, -0.1) is 0 Å². The first kappa shape index (κ1) is 12.5. The Labute approximate surface area is 91.2 Å². The summed E-state index contributed by atoms with van der Waals surface area (Å²) in [4.78, 5) is 11.7. The number of aliphatic hydroxyl groups is 1. The topological polar surface area (TPSA) is 75.4 Å². The fourth-order valence-electron chi connectivity index (χ4n) is 1.86. The lowest BCUT2D eigenvalue weighted by Gasteiger charge is -2.29. The molecule has 1 aliphatic carbocycles. The van der Waals surface area contributed by atoms with Gasteiger partial charge in [0.15, 0.2) is 0 Å². The van der Waals surface area contributed by atoms with Crippen molar-refractivity contribution in [3.05, 3.63) is 0 Å². The molecular weight excluding hydrogens is 192 g/mol. The summed E-state index contributed by atoms with van der Waals surface area (Å²) < 4.78 is 0. The van der Waals surface area contributed by atoms with Crippen LogP contribution in [0.4, 0.5) is 0 Å². The lowest BCUT2D eigenvalue weighted by molar-refractivity contribution is -0.125. The van der Waals surface area contributed by atoms with Gasteiger partial charge in [-0.3, -0.25) is 4.79 Å².